The molecule has 1 aliphatic rings. The van der Waals surface area contributed by atoms with Gasteiger partial charge < -0.3 is 15.2 Å². The number of carbonyl (C=O) groups excluding carboxylic acids is 2. The molecule has 0 radical (unpaired) electrons. The van der Waals surface area contributed by atoms with Crippen molar-refractivity contribution in [3.8, 4) is 0 Å². The molecule has 0 spiro atoms. The Balaban J connectivity index is 2.48. The Morgan fingerprint density at radius 2 is 1.94 bits per heavy atom. The summed E-state index contributed by atoms with van der Waals surface area (Å²) in [7, 11) is 0. The van der Waals surface area contributed by atoms with Gasteiger partial charge in [-0.3, -0.25) is 9.59 Å². The minimum Gasteiger partial charge on any atom is -0.481 e. The van der Waals surface area contributed by atoms with E-state index in [0.29, 0.717) is 12.8 Å². The number of carboxylic acids is 1. The average Bonchev–Trinajstić information content (AvgIpc) is 2.17. The fourth-order valence-corrected chi connectivity index (χ4v) is 1.83. The minimum absolute atomic E-state index is 0.0319. The molecule has 0 aliphatic heterocycles. The first-order chi connectivity index (χ1) is 8.19. The van der Waals surface area contributed by atoms with Crippen LogP contribution in [0.4, 0.5) is 4.79 Å². The molecule has 1 saturated carbocycles. The molecule has 0 aromatic carbocycles. The smallest absolute Gasteiger partial charge is 0.408 e. The molecule has 0 heterocycles. The van der Waals surface area contributed by atoms with Crippen molar-refractivity contribution in [1.29, 1.82) is 0 Å². The second-order valence-electron chi connectivity index (χ2n) is 5.48. The molecule has 0 unspecified atom stereocenters. The number of hydrogen-bond acceptors (Lipinski definition) is 4. The van der Waals surface area contributed by atoms with Crippen molar-refractivity contribution in [2.45, 2.75) is 51.7 Å². The Morgan fingerprint density at radius 1 is 1.33 bits per heavy atom. The van der Waals surface area contributed by atoms with Gasteiger partial charge in [0.15, 0.2) is 5.78 Å². The lowest BCUT2D eigenvalue weighted by molar-refractivity contribution is -0.145. The predicted octanol–water partition coefficient (Wildman–Crippen LogP) is 1.33. The molecule has 1 aliphatic carbocycles. The van der Waals surface area contributed by atoms with Crippen molar-refractivity contribution in [1.82, 2.24) is 5.32 Å². The maximum Gasteiger partial charge on any atom is 0.408 e. The van der Waals surface area contributed by atoms with Crippen LogP contribution in [-0.4, -0.2) is 34.6 Å². The lowest BCUT2D eigenvalue weighted by Gasteiger charge is -2.27. The standard InChI is InChI=1S/C12H19NO5/c1-12(2,3)18-11(17)13-8-5-4-7(10(15)16)6-9(8)14/h7-8H,4-6H2,1-3H3,(H,13,17)(H,15,16)/t7-,8-/m1/s1. The van der Waals surface area contributed by atoms with Gasteiger partial charge in [0.1, 0.15) is 5.60 Å². The Kier molecular flexibility index (Phi) is 4.32. The van der Waals surface area contributed by atoms with Crippen molar-refractivity contribution >= 4 is 17.8 Å². The number of amides is 1. The van der Waals surface area contributed by atoms with E-state index in [1.54, 1.807) is 20.8 Å². The number of carbonyl (C=O) groups is 3. The third-order valence-electron chi connectivity index (χ3n) is 2.68. The first-order valence-electron chi connectivity index (χ1n) is 5.94. The van der Waals surface area contributed by atoms with Crippen LogP contribution in [0.3, 0.4) is 0 Å². The van der Waals surface area contributed by atoms with Crippen molar-refractivity contribution in [3.63, 3.8) is 0 Å². The number of ether oxygens (including phenoxy) is 1. The molecule has 1 amide bonds. The number of ketones is 1. The molecule has 1 fully saturated rings. The van der Waals surface area contributed by atoms with Crippen LogP contribution in [0, 0.1) is 5.92 Å². The molecule has 1 rings (SSSR count). The Bertz CT molecular complexity index is 358. The van der Waals surface area contributed by atoms with E-state index >= 15 is 0 Å². The number of rotatable bonds is 2. The van der Waals surface area contributed by atoms with Gasteiger partial charge in [0.25, 0.3) is 0 Å². The minimum atomic E-state index is -0.959. The fourth-order valence-electron chi connectivity index (χ4n) is 1.83. The van der Waals surface area contributed by atoms with Gasteiger partial charge in [-0.1, -0.05) is 0 Å². The molecular weight excluding hydrogens is 238 g/mol. The summed E-state index contributed by atoms with van der Waals surface area (Å²) < 4.78 is 5.04. The van der Waals surface area contributed by atoms with Crippen LogP contribution in [0.1, 0.15) is 40.0 Å². The van der Waals surface area contributed by atoms with Crippen LogP contribution in [0.15, 0.2) is 0 Å². The highest BCUT2D eigenvalue weighted by Crippen LogP contribution is 2.22. The number of aliphatic carboxylic acids is 1. The predicted molar refractivity (Wildman–Crippen MR) is 63.1 cm³/mol. The van der Waals surface area contributed by atoms with E-state index in [2.05, 4.69) is 5.32 Å². The highest BCUT2D eigenvalue weighted by Gasteiger charge is 2.33. The monoisotopic (exact) mass is 257 g/mol. The summed E-state index contributed by atoms with van der Waals surface area (Å²) in [5.41, 5.74) is -0.620. The topological polar surface area (TPSA) is 92.7 Å². The summed E-state index contributed by atoms with van der Waals surface area (Å²) in [5.74, 6) is -1.84. The Hall–Kier alpha value is -1.59. The van der Waals surface area contributed by atoms with E-state index in [1.807, 2.05) is 0 Å². The van der Waals surface area contributed by atoms with E-state index in [4.69, 9.17) is 9.84 Å². The van der Waals surface area contributed by atoms with E-state index < -0.39 is 29.6 Å². The van der Waals surface area contributed by atoms with Gasteiger partial charge in [-0.25, -0.2) is 4.79 Å². The summed E-state index contributed by atoms with van der Waals surface area (Å²) in [4.78, 5) is 33.9. The van der Waals surface area contributed by atoms with Gasteiger partial charge in [0, 0.05) is 6.42 Å². The SMILES string of the molecule is CC(C)(C)OC(=O)N[C@@H]1CC[C@@H](C(=O)O)CC1=O. The van der Waals surface area contributed by atoms with E-state index in [9.17, 15) is 14.4 Å². The lowest BCUT2D eigenvalue weighted by Crippen LogP contribution is -2.46. The molecule has 102 valence electrons. The highest BCUT2D eigenvalue weighted by molar-refractivity contribution is 5.91. The molecule has 0 bridgehead atoms. The zero-order valence-electron chi connectivity index (χ0n) is 10.9. The number of Topliss-reactive ketones (excluding diaryl/α,β-unsaturated/α-hetero) is 1. The molecule has 2 atom stereocenters. The first-order valence-corrected chi connectivity index (χ1v) is 5.94. The normalized spacial score (nSPS) is 24.5. The van der Waals surface area contributed by atoms with Gasteiger partial charge in [0.05, 0.1) is 12.0 Å². The molecule has 6 heteroatoms. The van der Waals surface area contributed by atoms with Gasteiger partial charge >= 0.3 is 12.1 Å². The fraction of sp³-hybridized carbons (Fsp3) is 0.750. The molecular formula is C12H19NO5. The molecule has 0 aromatic rings. The van der Waals surface area contributed by atoms with Crippen molar-refractivity contribution in [2.75, 3.05) is 0 Å². The number of alkyl carbamates (subject to hydrolysis) is 1. The van der Waals surface area contributed by atoms with Crippen molar-refractivity contribution in [3.05, 3.63) is 0 Å². The summed E-state index contributed by atoms with van der Waals surface area (Å²) >= 11 is 0. The number of nitrogens with one attached hydrogen (secondary N) is 1. The molecule has 6 nitrogen and oxygen atoms in total. The largest absolute Gasteiger partial charge is 0.481 e. The van der Waals surface area contributed by atoms with Crippen molar-refractivity contribution < 1.29 is 24.2 Å². The second-order valence-corrected chi connectivity index (χ2v) is 5.48. The Morgan fingerprint density at radius 3 is 2.39 bits per heavy atom. The van der Waals surface area contributed by atoms with E-state index in [1.165, 1.54) is 0 Å². The maximum absolute atomic E-state index is 11.7. The zero-order chi connectivity index (χ0) is 13.9. The van der Waals surface area contributed by atoms with E-state index in [-0.39, 0.29) is 12.2 Å². The lowest BCUT2D eigenvalue weighted by atomic mass is 9.85. The number of hydrogen-bond donors (Lipinski definition) is 2. The van der Waals surface area contributed by atoms with Crippen LogP contribution in [-0.2, 0) is 14.3 Å². The average molecular weight is 257 g/mol. The third-order valence-corrected chi connectivity index (χ3v) is 2.68. The summed E-state index contributed by atoms with van der Waals surface area (Å²) in [6, 6.07) is -0.629. The van der Waals surface area contributed by atoms with Crippen LogP contribution < -0.4 is 5.32 Å². The van der Waals surface area contributed by atoms with Crippen LogP contribution in [0.5, 0.6) is 0 Å². The van der Waals surface area contributed by atoms with Crippen molar-refractivity contribution in [2.24, 2.45) is 5.92 Å². The maximum atomic E-state index is 11.7. The Labute approximate surface area is 106 Å². The highest BCUT2D eigenvalue weighted by atomic mass is 16.6. The quantitative estimate of drug-likeness (QED) is 0.778. The first kappa shape index (κ1) is 14.5. The summed E-state index contributed by atoms with van der Waals surface area (Å²) in [5, 5.41) is 11.3. The summed E-state index contributed by atoms with van der Waals surface area (Å²) in [6.45, 7) is 5.20. The van der Waals surface area contributed by atoms with Gasteiger partial charge in [-0.2, -0.15) is 0 Å². The summed E-state index contributed by atoms with van der Waals surface area (Å²) in [6.07, 6.45) is 0.0569. The van der Waals surface area contributed by atoms with Crippen LogP contribution in [0.25, 0.3) is 0 Å². The third kappa shape index (κ3) is 4.35. The van der Waals surface area contributed by atoms with Gasteiger partial charge in [0.2, 0.25) is 0 Å². The molecule has 0 aromatic heterocycles. The zero-order valence-corrected chi connectivity index (χ0v) is 10.9. The number of carboxylic acid groups (broad SMARTS) is 1. The van der Waals surface area contributed by atoms with Gasteiger partial charge in [-0.05, 0) is 33.6 Å². The molecule has 18 heavy (non-hydrogen) atoms. The van der Waals surface area contributed by atoms with Crippen LogP contribution in [0.2, 0.25) is 0 Å². The second kappa shape index (κ2) is 5.37. The molecule has 2 N–H and O–H groups in total. The molecule has 0 saturated heterocycles. The van der Waals surface area contributed by atoms with Gasteiger partial charge in [-0.15, -0.1) is 0 Å². The van der Waals surface area contributed by atoms with E-state index in [0.717, 1.165) is 0 Å². The van der Waals surface area contributed by atoms with Crippen LogP contribution >= 0.6 is 0 Å².